The van der Waals surface area contributed by atoms with Crippen LogP contribution in [0.2, 0.25) is 0 Å². The summed E-state index contributed by atoms with van der Waals surface area (Å²) in [7, 11) is 0. The Labute approximate surface area is 111 Å². The van der Waals surface area contributed by atoms with Gasteiger partial charge in [-0.3, -0.25) is 4.79 Å². The van der Waals surface area contributed by atoms with E-state index in [-0.39, 0.29) is 5.91 Å². The van der Waals surface area contributed by atoms with Gasteiger partial charge in [-0.1, -0.05) is 30.3 Å². The number of rotatable bonds is 2. The summed E-state index contributed by atoms with van der Waals surface area (Å²) >= 11 is 0. The third-order valence-electron chi connectivity index (χ3n) is 3.30. The van der Waals surface area contributed by atoms with Gasteiger partial charge in [-0.25, -0.2) is 4.98 Å². The average Bonchev–Trinajstić information content (AvgIpc) is 2.93. The van der Waals surface area contributed by atoms with Gasteiger partial charge in [-0.05, 0) is 11.6 Å². The van der Waals surface area contributed by atoms with Crippen LogP contribution in [-0.4, -0.2) is 27.3 Å². The third-order valence-corrected chi connectivity index (χ3v) is 3.30. The quantitative estimate of drug-likeness (QED) is 0.832. The molecule has 4 nitrogen and oxygen atoms in total. The van der Waals surface area contributed by atoms with Gasteiger partial charge in [0, 0.05) is 19.0 Å². The molecule has 1 aliphatic heterocycles. The van der Waals surface area contributed by atoms with Crippen LogP contribution >= 0.6 is 0 Å². The molecule has 0 radical (unpaired) electrons. The highest BCUT2D eigenvalue weighted by Gasteiger charge is 2.20. The lowest BCUT2D eigenvalue weighted by atomic mass is 10.1. The Bertz CT molecular complexity index is 601. The number of imidazole rings is 1. The van der Waals surface area contributed by atoms with Gasteiger partial charge in [-0.15, -0.1) is 0 Å². The van der Waals surface area contributed by atoms with E-state index in [2.05, 4.69) is 9.97 Å². The fraction of sp³-hybridized carbons (Fsp3) is 0.200. The van der Waals surface area contributed by atoms with E-state index in [0.29, 0.717) is 6.54 Å². The highest BCUT2D eigenvalue weighted by molar-refractivity contribution is 5.91. The van der Waals surface area contributed by atoms with Crippen molar-refractivity contribution in [3.05, 3.63) is 59.7 Å². The first kappa shape index (κ1) is 11.7. The van der Waals surface area contributed by atoms with Crippen LogP contribution in [0.25, 0.3) is 6.08 Å². The Balaban J connectivity index is 1.67. The topological polar surface area (TPSA) is 49.0 Å². The summed E-state index contributed by atoms with van der Waals surface area (Å²) < 4.78 is 0. The van der Waals surface area contributed by atoms with Crippen molar-refractivity contribution in [1.29, 1.82) is 0 Å². The molecule has 0 atom stereocenters. The second-order valence-electron chi connectivity index (χ2n) is 4.58. The summed E-state index contributed by atoms with van der Waals surface area (Å²) in [5.41, 5.74) is 3.17. The number of hydrogen-bond donors (Lipinski definition) is 1. The number of aromatic amines is 1. The Morgan fingerprint density at radius 2 is 2.16 bits per heavy atom. The Kier molecular flexibility index (Phi) is 3.14. The van der Waals surface area contributed by atoms with Gasteiger partial charge in [0.15, 0.2) is 0 Å². The molecule has 0 saturated heterocycles. The second kappa shape index (κ2) is 5.10. The zero-order chi connectivity index (χ0) is 13.1. The van der Waals surface area contributed by atoms with Crippen molar-refractivity contribution in [3.8, 4) is 0 Å². The minimum atomic E-state index is 0.0455. The standard InChI is InChI=1S/C15H15N3O/c19-15(7-6-12-4-2-1-3-5-12)18-9-8-13-14(10-18)17-11-16-13/h1-7,11H,8-10H2,(H,16,17)/b7-6+. The maximum Gasteiger partial charge on any atom is 0.246 e. The lowest BCUT2D eigenvalue weighted by Gasteiger charge is -2.25. The molecule has 1 N–H and O–H groups in total. The van der Waals surface area contributed by atoms with E-state index in [1.54, 1.807) is 12.4 Å². The molecule has 3 rings (SSSR count). The van der Waals surface area contributed by atoms with Crippen LogP contribution in [-0.2, 0) is 17.8 Å². The van der Waals surface area contributed by atoms with Gasteiger partial charge in [0.2, 0.25) is 5.91 Å². The third kappa shape index (κ3) is 2.57. The van der Waals surface area contributed by atoms with Crippen LogP contribution in [0.5, 0.6) is 0 Å². The van der Waals surface area contributed by atoms with E-state index in [0.717, 1.165) is 29.9 Å². The van der Waals surface area contributed by atoms with Gasteiger partial charge in [0.1, 0.15) is 0 Å². The molecule has 0 bridgehead atoms. The fourth-order valence-corrected chi connectivity index (χ4v) is 2.24. The number of carbonyl (C=O) groups excluding carboxylic acids is 1. The molecule has 0 spiro atoms. The molecule has 96 valence electrons. The fourth-order valence-electron chi connectivity index (χ4n) is 2.24. The highest BCUT2D eigenvalue weighted by atomic mass is 16.2. The number of nitrogens with one attached hydrogen (secondary N) is 1. The zero-order valence-corrected chi connectivity index (χ0v) is 10.5. The summed E-state index contributed by atoms with van der Waals surface area (Å²) in [5.74, 6) is 0.0455. The molecular weight excluding hydrogens is 238 g/mol. The van der Waals surface area contributed by atoms with Gasteiger partial charge in [0.25, 0.3) is 0 Å². The molecule has 0 unspecified atom stereocenters. The van der Waals surface area contributed by atoms with Crippen LogP contribution in [0, 0.1) is 0 Å². The Morgan fingerprint density at radius 3 is 3.00 bits per heavy atom. The molecule has 2 aromatic rings. The summed E-state index contributed by atoms with van der Waals surface area (Å²) in [4.78, 5) is 21.3. The lowest BCUT2D eigenvalue weighted by Crippen LogP contribution is -2.34. The van der Waals surface area contributed by atoms with Crippen molar-refractivity contribution < 1.29 is 4.79 Å². The van der Waals surface area contributed by atoms with Crippen molar-refractivity contribution in [2.45, 2.75) is 13.0 Å². The van der Waals surface area contributed by atoms with E-state index >= 15 is 0 Å². The summed E-state index contributed by atoms with van der Waals surface area (Å²) in [6.45, 7) is 1.35. The maximum atomic E-state index is 12.1. The highest BCUT2D eigenvalue weighted by Crippen LogP contribution is 2.15. The number of nitrogens with zero attached hydrogens (tertiary/aromatic N) is 2. The molecule has 1 aromatic heterocycles. The lowest BCUT2D eigenvalue weighted by molar-refractivity contribution is -0.126. The predicted octanol–water partition coefficient (Wildman–Crippen LogP) is 2.01. The number of amides is 1. The maximum absolute atomic E-state index is 12.1. The molecular formula is C15H15N3O. The normalized spacial score (nSPS) is 14.6. The van der Waals surface area contributed by atoms with Gasteiger partial charge >= 0.3 is 0 Å². The number of hydrogen-bond acceptors (Lipinski definition) is 2. The minimum absolute atomic E-state index is 0.0455. The van der Waals surface area contributed by atoms with Crippen molar-refractivity contribution in [1.82, 2.24) is 14.9 Å². The molecule has 0 aliphatic carbocycles. The Morgan fingerprint density at radius 1 is 1.32 bits per heavy atom. The zero-order valence-electron chi connectivity index (χ0n) is 10.5. The van der Waals surface area contributed by atoms with Crippen LogP contribution in [0.15, 0.2) is 42.7 Å². The van der Waals surface area contributed by atoms with Crippen LogP contribution in [0.1, 0.15) is 17.0 Å². The first-order valence-electron chi connectivity index (χ1n) is 6.36. The molecule has 19 heavy (non-hydrogen) atoms. The van der Waals surface area contributed by atoms with Gasteiger partial charge in [0.05, 0.1) is 24.3 Å². The molecule has 1 amide bonds. The van der Waals surface area contributed by atoms with Crippen molar-refractivity contribution in [3.63, 3.8) is 0 Å². The predicted molar refractivity (Wildman–Crippen MR) is 73.2 cm³/mol. The van der Waals surface area contributed by atoms with Gasteiger partial charge < -0.3 is 9.88 Å². The SMILES string of the molecule is O=C(/C=C/c1ccccc1)N1CCc2nc[nH]c2C1. The number of fused-ring (bicyclic) bond motifs is 1. The monoisotopic (exact) mass is 253 g/mol. The van der Waals surface area contributed by atoms with Crippen molar-refractivity contribution in [2.75, 3.05) is 6.54 Å². The van der Waals surface area contributed by atoms with E-state index < -0.39 is 0 Å². The largest absolute Gasteiger partial charge is 0.347 e. The number of H-pyrrole nitrogens is 1. The second-order valence-corrected chi connectivity index (χ2v) is 4.58. The molecule has 0 fully saturated rings. The smallest absolute Gasteiger partial charge is 0.246 e. The van der Waals surface area contributed by atoms with Crippen molar-refractivity contribution in [2.24, 2.45) is 0 Å². The summed E-state index contributed by atoms with van der Waals surface area (Å²) in [6.07, 6.45) is 6.00. The van der Waals surface area contributed by atoms with E-state index in [1.807, 2.05) is 41.3 Å². The molecule has 1 aliphatic rings. The van der Waals surface area contributed by atoms with Crippen LogP contribution < -0.4 is 0 Å². The van der Waals surface area contributed by atoms with Crippen LogP contribution in [0.4, 0.5) is 0 Å². The minimum Gasteiger partial charge on any atom is -0.347 e. The van der Waals surface area contributed by atoms with E-state index in [4.69, 9.17) is 0 Å². The van der Waals surface area contributed by atoms with Crippen LogP contribution in [0.3, 0.4) is 0 Å². The molecule has 2 heterocycles. The first-order valence-corrected chi connectivity index (χ1v) is 6.36. The first-order chi connectivity index (χ1) is 9.33. The Hall–Kier alpha value is -2.36. The van der Waals surface area contributed by atoms with E-state index in [1.165, 1.54) is 0 Å². The van der Waals surface area contributed by atoms with Crippen molar-refractivity contribution >= 4 is 12.0 Å². The summed E-state index contributed by atoms with van der Waals surface area (Å²) in [6, 6.07) is 9.84. The number of carbonyl (C=O) groups is 1. The number of aromatic nitrogens is 2. The average molecular weight is 253 g/mol. The molecule has 4 heteroatoms. The molecule has 0 saturated carbocycles. The van der Waals surface area contributed by atoms with Gasteiger partial charge in [-0.2, -0.15) is 0 Å². The molecule has 1 aromatic carbocycles. The number of benzene rings is 1. The summed E-state index contributed by atoms with van der Waals surface area (Å²) in [5, 5.41) is 0. The van der Waals surface area contributed by atoms with E-state index in [9.17, 15) is 4.79 Å².